The number of rotatable bonds is 8. The third-order valence-corrected chi connectivity index (χ3v) is 18.0. The van der Waals surface area contributed by atoms with Crippen molar-refractivity contribution in [2.45, 2.75) is 51.4 Å². The number of aromatic nitrogens is 8. The van der Waals surface area contributed by atoms with E-state index in [1.807, 2.05) is 146 Å². The van der Waals surface area contributed by atoms with Gasteiger partial charge in [0.1, 0.15) is 0 Å². The van der Waals surface area contributed by atoms with E-state index in [-0.39, 0.29) is 120 Å². The minimum Gasteiger partial charge on any atom is -0.570 e. The van der Waals surface area contributed by atoms with Crippen LogP contribution in [-0.2, 0) is 36.3 Å². The van der Waals surface area contributed by atoms with E-state index in [9.17, 15) is 0 Å². The molecule has 0 amide bonds. The molecule has 8 heterocycles. The molecule has 4 fully saturated rings. The number of hydrogen-bond donors (Lipinski definition) is 0. The maximum atomic E-state index is 4.94. The van der Waals surface area contributed by atoms with Crippen molar-refractivity contribution in [3.63, 3.8) is 0 Å². The van der Waals surface area contributed by atoms with Gasteiger partial charge < -0.3 is 47.5 Å². The molecule has 4 aromatic heterocycles. The van der Waals surface area contributed by atoms with E-state index >= 15 is 0 Å². The molecule has 12 aromatic rings. The first kappa shape index (κ1) is 76.0. The number of nitrogens with zero attached hydrogens (tertiary/aromatic N) is 6. The molecule has 452 valence electrons. The molecule has 0 atom stereocenters. The van der Waals surface area contributed by atoms with E-state index in [1.54, 1.807) is 0 Å². The molecule has 4 saturated heterocycles. The van der Waals surface area contributed by atoms with Crippen molar-refractivity contribution >= 4 is 32.8 Å². The largest absolute Gasteiger partial charge is 2.00 e. The Hall–Kier alpha value is -4.03. The van der Waals surface area contributed by atoms with Crippen molar-refractivity contribution in [3.05, 3.63) is 243 Å². The quantitative estimate of drug-likeness (QED) is 0.135. The van der Waals surface area contributed by atoms with Gasteiger partial charge in [0.2, 0.25) is 10.9 Å². The van der Waals surface area contributed by atoms with E-state index in [2.05, 4.69) is 138 Å². The van der Waals surface area contributed by atoms with Gasteiger partial charge in [0.25, 0.3) is 0 Å². The van der Waals surface area contributed by atoms with Crippen molar-refractivity contribution in [2.24, 2.45) is 0 Å². The Morgan fingerprint density at radius 3 is 0.835 bits per heavy atom. The standard InChI is InChI=1S/2C14H11N2P.2C14H10N2P.4C4H8O.Cr.2K/c4*1-3-7-11(8-4-1)13-15-16-14(17-13)12-9-5-2-6-10-12;4*1-2-4-5-3-1;;;/h2*1-10,15H;2*1-10H;4*1-4H2;;;/q;;2*-1;;;;;+2;2*+1. The van der Waals surface area contributed by atoms with Gasteiger partial charge in [-0.25, -0.2) is 0 Å². The van der Waals surface area contributed by atoms with Crippen LogP contribution < -0.4 is 128 Å². The van der Waals surface area contributed by atoms with Crippen molar-refractivity contribution in [3.8, 4) is 87.9 Å². The second-order valence-corrected chi connectivity index (χ2v) is 24.5. The average molecular weight is 1370 g/mol. The molecule has 0 bridgehead atoms. The molecular formula is C72H74CrK2N8O4P4+2. The minimum absolute atomic E-state index is 0. The van der Waals surface area contributed by atoms with Gasteiger partial charge in [0, 0.05) is 58.4 Å². The summed E-state index contributed by atoms with van der Waals surface area (Å²) in [5.74, 6) is 0. The summed E-state index contributed by atoms with van der Waals surface area (Å²) in [6.45, 7) is 8.00. The van der Waals surface area contributed by atoms with E-state index < -0.39 is 0 Å². The number of benzene rings is 8. The third kappa shape index (κ3) is 27.7. The SMILES string of the molecule is C1CCOC1.C1CCOC1.C1CCOC1.C1CCOC1.[Cr+2].[K+].[K+].c1ccc(-c2[n-][nH+]c(-c3ccccc3)p2)cc1.c1ccc(-c2[n-][nH+]c(-c3ccccc3)p2)cc1.c1ccc(-c2n[n-]c(-c3ccccc3)p2)cc1.c1ccc(-c2nnc(-c3ccccc3)[p-]2)cc1. The monoisotopic (exact) mass is 1370 g/mol. The smallest absolute Gasteiger partial charge is 0.570 e. The van der Waals surface area contributed by atoms with Crippen LogP contribution in [0.3, 0.4) is 0 Å². The molecule has 91 heavy (non-hydrogen) atoms. The summed E-state index contributed by atoms with van der Waals surface area (Å²) < 4.78 is 19.8. The van der Waals surface area contributed by atoms with Crippen LogP contribution >= 0.6 is 32.8 Å². The fraction of sp³-hybridized carbons (Fsp3) is 0.222. The summed E-state index contributed by atoms with van der Waals surface area (Å²) in [5, 5.41) is 32.0. The van der Waals surface area contributed by atoms with Gasteiger partial charge >= 0.3 is 120 Å². The zero-order valence-electron chi connectivity index (χ0n) is 51.9. The van der Waals surface area contributed by atoms with Gasteiger partial charge in [-0.15, -0.1) is 0 Å². The minimum atomic E-state index is 0. The molecule has 0 spiro atoms. The Morgan fingerprint density at radius 1 is 0.308 bits per heavy atom. The number of hydrogen-bond acceptors (Lipinski definition) is 7. The fourth-order valence-electron chi connectivity index (χ4n) is 8.77. The maximum absolute atomic E-state index is 4.94. The summed E-state index contributed by atoms with van der Waals surface area (Å²) >= 11 is 0. The van der Waals surface area contributed by atoms with Crippen LogP contribution in [0.2, 0.25) is 0 Å². The van der Waals surface area contributed by atoms with Crippen molar-refractivity contribution in [1.82, 2.24) is 30.6 Å². The molecule has 0 saturated carbocycles. The van der Waals surface area contributed by atoms with E-state index in [4.69, 9.17) is 18.9 Å². The van der Waals surface area contributed by atoms with E-state index in [1.165, 1.54) is 73.6 Å². The molecule has 4 aliphatic heterocycles. The molecule has 0 radical (unpaired) electrons. The first-order chi connectivity index (χ1) is 43.7. The van der Waals surface area contributed by atoms with Gasteiger partial charge in [-0.1, -0.05) is 243 Å². The molecular weight excluding hydrogens is 1290 g/mol. The topological polar surface area (TPSA) is 146 Å². The maximum Gasteiger partial charge on any atom is 2.00 e. The summed E-state index contributed by atoms with van der Waals surface area (Å²) in [4.78, 5) is 0. The summed E-state index contributed by atoms with van der Waals surface area (Å²) in [6.07, 6.45) is 10.2. The van der Waals surface area contributed by atoms with E-state index in [0.717, 1.165) is 151 Å². The Labute approximate surface area is 639 Å². The molecule has 0 aliphatic carbocycles. The van der Waals surface area contributed by atoms with Gasteiger partial charge in [-0.2, -0.15) is 10.2 Å². The fourth-order valence-corrected chi connectivity index (χ4v) is 12.6. The predicted octanol–water partition coefficient (Wildman–Crippen LogP) is 12.0. The Morgan fingerprint density at radius 2 is 0.560 bits per heavy atom. The van der Waals surface area contributed by atoms with Gasteiger partial charge in [-0.05, 0) is 131 Å². The van der Waals surface area contributed by atoms with Gasteiger partial charge in [0.05, 0.1) is 16.6 Å². The van der Waals surface area contributed by atoms with Crippen LogP contribution in [-0.4, -0.2) is 68.2 Å². The molecule has 12 nitrogen and oxygen atoms in total. The van der Waals surface area contributed by atoms with Crippen LogP contribution in [0.1, 0.15) is 51.4 Å². The first-order valence-electron chi connectivity index (χ1n) is 30.1. The van der Waals surface area contributed by atoms with Gasteiger partial charge in [0.15, 0.2) is 0 Å². The normalized spacial score (nSPS) is 13.3. The van der Waals surface area contributed by atoms with Crippen molar-refractivity contribution in [2.75, 3.05) is 52.9 Å². The van der Waals surface area contributed by atoms with Crippen LogP contribution in [0.4, 0.5) is 0 Å². The Balaban J connectivity index is 0.000000173. The molecule has 4 aliphatic rings. The summed E-state index contributed by atoms with van der Waals surface area (Å²) in [7, 11) is 4.44. The zero-order valence-corrected chi connectivity index (χ0v) is 63.0. The van der Waals surface area contributed by atoms with Crippen LogP contribution in [0.15, 0.2) is 243 Å². The summed E-state index contributed by atoms with van der Waals surface area (Å²) in [5.41, 5.74) is 17.8. The first-order valence-corrected chi connectivity index (χ1v) is 33.7. The Bertz CT molecular complexity index is 2980. The van der Waals surface area contributed by atoms with Crippen LogP contribution in [0.5, 0.6) is 0 Å². The molecule has 19 heteroatoms. The Kier molecular flexibility index (Phi) is 38.5. The number of aromatic amines is 2. The second kappa shape index (κ2) is 46.1. The third-order valence-electron chi connectivity index (χ3n) is 13.5. The predicted molar refractivity (Wildman–Crippen MR) is 362 cm³/mol. The molecule has 0 unspecified atom stereocenters. The van der Waals surface area contributed by atoms with Crippen LogP contribution in [0, 0.1) is 0 Å². The average Bonchev–Trinajstić information content (AvgIpc) is 3.05. The zero-order chi connectivity index (χ0) is 60.1. The summed E-state index contributed by atoms with van der Waals surface area (Å²) in [6, 6.07) is 81.8. The van der Waals surface area contributed by atoms with Crippen molar-refractivity contribution < 1.29 is 149 Å². The molecule has 8 aromatic carbocycles. The number of nitrogens with one attached hydrogen (secondary N) is 2. The number of ether oxygens (including phenoxy) is 4. The van der Waals surface area contributed by atoms with Crippen molar-refractivity contribution in [1.29, 1.82) is 0 Å². The second-order valence-electron chi connectivity index (χ2n) is 20.1. The van der Waals surface area contributed by atoms with E-state index in [0.29, 0.717) is 0 Å². The number of H-pyrrole nitrogens is 2. The molecule has 16 rings (SSSR count). The van der Waals surface area contributed by atoms with Gasteiger partial charge in [-0.3, -0.25) is 10.2 Å². The molecule has 2 N–H and O–H groups in total. The van der Waals surface area contributed by atoms with Crippen LogP contribution in [0.25, 0.3) is 87.9 Å².